The normalized spacial score (nSPS) is 9.94. The van der Waals surface area contributed by atoms with Crippen LogP contribution in [0.2, 0.25) is 0 Å². The van der Waals surface area contributed by atoms with Gasteiger partial charge in [0, 0.05) is 6.42 Å². The van der Waals surface area contributed by atoms with Gasteiger partial charge in [-0.25, -0.2) is 0 Å². The second kappa shape index (κ2) is 6.65. The van der Waals surface area contributed by atoms with Crippen molar-refractivity contribution in [3.8, 4) is 0 Å². The van der Waals surface area contributed by atoms with E-state index in [0.717, 1.165) is 12.8 Å². The number of rotatable bonds is 6. The lowest BCUT2D eigenvalue weighted by molar-refractivity contribution is -0.116. The summed E-state index contributed by atoms with van der Waals surface area (Å²) in [5.74, 6) is -0.685. The van der Waals surface area contributed by atoms with Gasteiger partial charge in [0.25, 0.3) is 5.91 Å². The van der Waals surface area contributed by atoms with Crippen molar-refractivity contribution < 1.29 is 9.59 Å². The van der Waals surface area contributed by atoms with Gasteiger partial charge < -0.3 is 16.8 Å². The van der Waals surface area contributed by atoms with Crippen molar-refractivity contribution in [2.75, 3.05) is 11.9 Å². The molecule has 1 aromatic carbocycles. The first-order valence-electron chi connectivity index (χ1n) is 5.54. The van der Waals surface area contributed by atoms with Crippen LogP contribution in [0.1, 0.15) is 29.6 Å². The number of primary amides is 1. The van der Waals surface area contributed by atoms with E-state index >= 15 is 0 Å². The first kappa shape index (κ1) is 13.2. The first-order valence-corrected chi connectivity index (χ1v) is 5.54. The predicted molar refractivity (Wildman–Crippen MR) is 66.5 cm³/mol. The number of hydrogen-bond donors (Lipinski definition) is 3. The average Bonchev–Trinajstić information content (AvgIpc) is 2.29. The monoisotopic (exact) mass is 235 g/mol. The van der Waals surface area contributed by atoms with Gasteiger partial charge in [-0.1, -0.05) is 12.1 Å². The molecule has 0 unspecified atom stereocenters. The summed E-state index contributed by atoms with van der Waals surface area (Å²) in [5.41, 5.74) is 11.3. The molecule has 17 heavy (non-hydrogen) atoms. The van der Waals surface area contributed by atoms with Crippen LogP contribution in [0.5, 0.6) is 0 Å². The van der Waals surface area contributed by atoms with Crippen LogP contribution < -0.4 is 16.8 Å². The zero-order valence-electron chi connectivity index (χ0n) is 9.61. The molecule has 0 spiro atoms. The fourth-order valence-corrected chi connectivity index (χ4v) is 1.45. The number of hydrogen-bond acceptors (Lipinski definition) is 3. The third-order valence-corrected chi connectivity index (χ3v) is 2.32. The van der Waals surface area contributed by atoms with Gasteiger partial charge in [-0.3, -0.25) is 9.59 Å². The van der Waals surface area contributed by atoms with Gasteiger partial charge in [0.1, 0.15) is 0 Å². The van der Waals surface area contributed by atoms with Crippen molar-refractivity contribution in [2.24, 2.45) is 11.5 Å². The molecule has 0 saturated heterocycles. The highest BCUT2D eigenvalue weighted by Gasteiger charge is 2.09. The molecule has 0 atom stereocenters. The smallest absolute Gasteiger partial charge is 0.250 e. The number of para-hydroxylation sites is 1. The summed E-state index contributed by atoms with van der Waals surface area (Å²) in [6.45, 7) is 0.575. The highest BCUT2D eigenvalue weighted by Crippen LogP contribution is 2.14. The quantitative estimate of drug-likeness (QED) is 0.637. The largest absolute Gasteiger partial charge is 0.366 e. The van der Waals surface area contributed by atoms with Crippen LogP contribution in [0.25, 0.3) is 0 Å². The standard InChI is InChI=1S/C12H17N3O2/c13-8-4-3-7-11(16)15-10-6-2-1-5-9(10)12(14)17/h1-2,5-6H,3-4,7-8,13H2,(H2,14,17)(H,15,16). The van der Waals surface area contributed by atoms with Crippen LogP contribution in [-0.4, -0.2) is 18.4 Å². The number of carbonyl (C=O) groups excluding carboxylic acids is 2. The van der Waals surface area contributed by atoms with E-state index in [-0.39, 0.29) is 5.91 Å². The Morgan fingerprint density at radius 3 is 2.53 bits per heavy atom. The fourth-order valence-electron chi connectivity index (χ4n) is 1.45. The number of carbonyl (C=O) groups is 2. The molecule has 0 saturated carbocycles. The Morgan fingerprint density at radius 2 is 1.88 bits per heavy atom. The van der Waals surface area contributed by atoms with Gasteiger partial charge in [-0.15, -0.1) is 0 Å². The summed E-state index contributed by atoms with van der Waals surface area (Å²) >= 11 is 0. The van der Waals surface area contributed by atoms with Crippen molar-refractivity contribution >= 4 is 17.5 Å². The molecular weight excluding hydrogens is 218 g/mol. The molecule has 0 bridgehead atoms. The van der Waals surface area contributed by atoms with Gasteiger partial charge in [0.2, 0.25) is 5.91 Å². The maximum Gasteiger partial charge on any atom is 0.250 e. The van der Waals surface area contributed by atoms with Crippen molar-refractivity contribution in [1.29, 1.82) is 0 Å². The van der Waals surface area contributed by atoms with E-state index < -0.39 is 5.91 Å². The van der Waals surface area contributed by atoms with E-state index in [1.54, 1.807) is 24.3 Å². The Kier molecular flexibility index (Phi) is 5.16. The Labute approximate surface area is 100 Å². The van der Waals surface area contributed by atoms with E-state index in [4.69, 9.17) is 11.5 Å². The minimum Gasteiger partial charge on any atom is -0.366 e. The minimum atomic E-state index is -0.553. The van der Waals surface area contributed by atoms with E-state index in [9.17, 15) is 9.59 Å². The Bertz CT molecular complexity index is 404. The number of anilines is 1. The van der Waals surface area contributed by atoms with E-state index in [1.165, 1.54) is 0 Å². The number of benzene rings is 1. The van der Waals surface area contributed by atoms with Gasteiger partial charge in [0.15, 0.2) is 0 Å². The molecule has 1 rings (SSSR count). The van der Waals surface area contributed by atoms with Crippen LogP contribution in [0.4, 0.5) is 5.69 Å². The lowest BCUT2D eigenvalue weighted by atomic mass is 10.1. The zero-order valence-corrected chi connectivity index (χ0v) is 9.61. The minimum absolute atomic E-state index is 0.132. The van der Waals surface area contributed by atoms with Gasteiger partial charge >= 0.3 is 0 Å². The maximum absolute atomic E-state index is 11.6. The molecule has 2 amide bonds. The molecule has 1 aromatic rings. The second-order valence-electron chi connectivity index (χ2n) is 3.70. The Morgan fingerprint density at radius 1 is 1.18 bits per heavy atom. The van der Waals surface area contributed by atoms with Crippen molar-refractivity contribution in [3.05, 3.63) is 29.8 Å². The van der Waals surface area contributed by atoms with Crippen LogP contribution in [-0.2, 0) is 4.79 Å². The number of nitrogens with two attached hydrogens (primary N) is 2. The van der Waals surface area contributed by atoms with Gasteiger partial charge in [-0.05, 0) is 31.5 Å². The predicted octanol–water partition coefficient (Wildman–Crippen LogP) is 0.853. The number of unbranched alkanes of at least 4 members (excludes halogenated alkanes) is 1. The SMILES string of the molecule is NCCCCC(=O)Nc1ccccc1C(N)=O. The lowest BCUT2D eigenvalue weighted by Gasteiger charge is -2.08. The average molecular weight is 235 g/mol. The molecule has 0 fully saturated rings. The summed E-state index contributed by atoms with van der Waals surface area (Å²) < 4.78 is 0. The highest BCUT2D eigenvalue weighted by molar-refractivity contribution is 6.02. The van der Waals surface area contributed by atoms with E-state index in [2.05, 4.69) is 5.32 Å². The third-order valence-electron chi connectivity index (χ3n) is 2.32. The van der Waals surface area contributed by atoms with Crippen molar-refractivity contribution in [1.82, 2.24) is 0 Å². The molecule has 0 aliphatic heterocycles. The molecule has 0 heterocycles. The number of nitrogens with one attached hydrogen (secondary N) is 1. The highest BCUT2D eigenvalue weighted by atomic mass is 16.2. The maximum atomic E-state index is 11.6. The molecule has 5 nitrogen and oxygen atoms in total. The summed E-state index contributed by atoms with van der Waals surface area (Å²) in [5, 5.41) is 2.67. The number of amides is 2. The molecule has 0 radical (unpaired) electrons. The summed E-state index contributed by atoms with van der Waals surface area (Å²) in [6, 6.07) is 6.67. The lowest BCUT2D eigenvalue weighted by Crippen LogP contribution is -2.18. The molecule has 0 aliphatic rings. The summed E-state index contributed by atoms with van der Waals surface area (Å²) in [7, 11) is 0. The van der Waals surface area contributed by atoms with Gasteiger partial charge in [-0.2, -0.15) is 0 Å². The Balaban J connectivity index is 2.61. The third kappa shape index (κ3) is 4.24. The summed E-state index contributed by atoms with van der Waals surface area (Å²) in [4.78, 5) is 22.7. The molecule has 0 aromatic heterocycles. The summed E-state index contributed by atoms with van der Waals surface area (Å²) in [6.07, 6.45) is 1.94. The van der Waals surface area contributed by atoms with E-state index in [1.807, 2.05) is 0 Å². The molecule has 5 heteroatoms. The van der Waals surface area contributed by atoms with Crippen molar-refractivity contribution in [2.45, 2.75) is 19.3 Å². The topological polar surface area (TPSA) is 98.2 Å². The van der Waals surface area contributed by atoms with Crippen molar-refractivity contribution in [3.63, 3.8) is 0 Å². The van der Waals surface area contributed by atoms with Gasteiger partial charge in [0.05, 0.1) is 11.3 Å². The molecule has 92 valence electrons. The molecular formula is C12H17N3O2. The Hall–Kier alpha value is -1.88. The molecule has 5 N–H and O–H groups in total. The van der Waals surface area contributed by atoms with Crippen LogP contribution in [0, 0.1) is 0 Å². The fraction of sp³-hybridized carbons (Fsp3) is 0.333. The van der Waals surface area contributed by atoms with E-state index in [0.29, 0.717) is 24.2 Å². The molecule has 0 aliphatic carbocycles. The van der Waals surface area contributed by atoms with Crippen LogP contribution in [0.15, 0.2) is 24.3 Å². The second-order valence-corrected chi connectivity index (χ2v) is 3.70. The zero-order chi connectivity index (χ0) is 12.7. The first-order chi connectivity index (χ1) is 8.15. The van der Waals surface area contributed by atoms with Crippen LogP contribution in [0.3, 0.4) is 0 Å². The van der Waals surface area contributed by atoms with Crippen LogP contribution >= 0.6 is 0 Å².